The molecule has 1 unspecified atom stereocenters. The Balaban J connectivity index is 2.15. The van der Waals surface area contributed by atoms with Crippen molar-refractivity contribution in [1.82, 2.24) is 9.73 Å². The summed E-state index contributed by atoms with van der Waals surface area (Å²) in [6.07, 6.45) is 1.85. The van der Waals surface area contributed by atoms with Crippen LogP contribution in [0.15, 0.2) is 33.2 Å². The van der Waals surface area contributed by atoms with E-state index in [0.29, 0.717) is 23.9 Å². The molecule has 0 aliphatic carbocycles. The lowest BCUT2D eigenvalue weighted by molar-refractivity contribution is 0.379. The molecule has 0 radical (unpaired) electrons. The molecule has 22 heavy (non-hydrogen) atoms. The molecule has 2 rings (SSSR count). The fraction of sp³-hybridized carbons (Fsp3) is 0.429. The van der Waals surface area contributed by atoms with Crippen molar-refractivity contribution in [2.45, 2.75) is 25.7 Å². The number of aliphatic imine (C=N–C) groups is 1. The maximum atomic E-state index is 12.4. The Morgan fingerprint density at radius 2 is 2.32 bits per heavy atom. The molecule has 120 valence electrons. The van der Waals surface area contributed by atoms with Crippen molar-refractivity contribution < 1.29 is 9.32 Å². The van der Waals surface area contributed by atoms with E-state index in [-0.39, 0.29) is 16.2 Å². The molecule has 0 amide bonds. The van der Waals surface area contributed by atoms with E-state index < -0.39 is 11.0 Å². The van der Waals surface area contributed by atoms with Gasteiger partial charge in [-0.25, -0.2) is 9.22 Å². The van der Waals surface area contributed by atoms with Gasteiger partial charge in [0.15, 0.2) is 11.0 Å². The van der Waals surface area contributed by atoms with Gasteiger partial charge in [0.2, 0.25) is 5.96 Å². The molecule has 0 spiro atoms. The van der Waals surface area contributed by atoms with Gasteiger partial charge in [-0.2, -0.15) is 5.10 Å². The fourth-order valence-electron chi connectivity index (χ4n) is 1.88. The van der Waals surface area contributed by atoms with Crippen LogP contribution >= 0.6 is 11.6 Å². The zero-order chi connectivity index (χ0) is 16.3. The average molecular weight is 343 g/mol. The highest BCUT2D eigenvalue weighted by molar-refractivity contribution is 7.83. The third-order valence-corrected chi connectivity index (χ3v) is 4.33. The Labute approximate surface area is 137 Å². The highest BCUT2D eigenvalue weighted by Crippen LogP contribution is 2.25. The lowest BCUT2D eigenvalue weighted by Crippen LogP contribution is -2.40. The number of nitrogens with zero attached hydrogens (tertiary/aromatic N) is 3. The summed E-state index contributed by atoms with van der Waals surface area (Å²) in [7, 11) is -1.55. The molecular weight excluding hydrogens is 324 g/mol. The van der Waals surface area contributed by atoms with E-state index in [4.69, 9.17) is 11.6 Å². The van der Waals surface area contributed by atoms with Crippen molar-refractivity contribution in [2.24, 2.45) is 15.5 Å². The molecule has 0 aromatic heterocycles. The first kappa shape index (κ1) is 16.8. The van der Waals surface area contributed by atoms with Gasteiger partial charge in [0.25, 0.3) is 0 Å². The SMILES string of the molecule is CCN=C(NS(=O)c1ccc(O)c(Cl)c1)N1CC(C)(C)C=N1. The summed E-state index contributed by atoms with van der Waals surface area (Å²) in [5.41, 5.74) is -0.0560. The van der Waals surface area contributed by atoms with Gasteiger partial charge in [0.1, 0.15) is 5.75 Å². The van der Waals surface area contributed by atoms with Crippen molar-refractivity contribution >= 4 is 34.8 Å². The van der Waals surface area contributed by atoms with Crippen molar-refractivity contribution in [3.8, 4) is 5.75 Å². The molecule has 1 aliphatic rings. The minimum Gasteiger partial charge on any atom is -0.506 e. The molecule has 2 N–H and O–H groups in total. The lowest BCUT2D eigenvalue weighted by atomic mass is 9.97. The number of hydrogen-bond donors (Lipinski definition) is 2. The minimum absolute atomic E-state index is 0.0456. The summed E-state index contributed by atoms with van der Waals surface area (Å²) >= 11 is 5.84. The standard InChI is InChI=1S/C14H19ClN4O2S/c1-4-16-13(19-9-14(2,3)8-17-19)18-22(21)10-5-6-12(20)11(15)7-10/h5-8,20H,4,9H2,1-3H3,(H,16,18). The second-order valence-electron chi connectivity index (χ2n) is 5.57. The Hall–Kier alpha value is -1.60. The van der Waals surface area contributed by atoms with E-state index in [2.05, 4.69) is 28.7 Å². The molecule has 1 heterocycles. The summed E-state index contributed by atoms with van der Waals surface area (Å²) < 4.78 is 15.3. The highest BCUT2D eigenvalue weighted by atomic mass is 35.5. The molecule has 6 nitrogen and oxygen atoms in total. The molecule has 1 aliphatic heterocycles. The fourth-order valence-corrected chi connectivity index (χ4v) is 3.00. The monoisotopic (exact) mass is 342 g/mol. The number of aromatic hydroxyl groups is 1. The van der Waals surface area contributed by atoms with Crippen molar-refractivity contribution in [2.75, 3.05) is 13.1 Å². The van der Waals surface area contributed by atoms with Gasteiger partial charge in [0, 0.05) is 18.2 Å². The predicted octanol–water partition coefficient (Wildman–Crippen LogP) is 2.36. The number of hydrazone groups is 1. The van der Waals surface area contributed by atoms with E-state index in [1.165, 1.54) is 12.1 Å². The van der Waals surface area contributed by atoms with Crippen LogP contribution in [0.5, 0.6) is 5.75 Å². The maximum Gasteiger partial charge on any atom is 0.227 e. The van der Waals surface area contributed by atoms with E-state index >= 15 is 0 Å². The summed E-state index contributed by atoms with van der Waals surface area (Å²) in [6.45, 7) is 7.23. The average Bonchev–Trinajstić information content (AvgIpc) is 2.81. The van der Waals surface area contributed by atoms with Crippen LogP contribution in [0.2, 0.25) is 5.02 Å². The molecule has 1 aromatic carbocycles. The number of benzene rings is 1. The van der Waals surface area contributed by atoms with E-state index in [1.807, 2.05) is 13.1 Å². The molecule has 8 heteroatoms. The predicted molar refractivity (Wildman–Crippen MR) is 89.6 cm³/mol. The van der Waals surface area contributed by atoms with Crippen molar-refractivity contribution in [3.05, 3.63) is 23.2 Å². The van der Waals surface area contributed by atoms with Crippen molar-refractivity contribution in [1.29, 1.82) is 0 Å². The molecule has 0 bridgehead atoms. The molecule has 1 aromatic rings. The smallest absolute Gasteiger partial charge is 0.227 e. The zero-order valence-electron chi connectivity index (χ0n) is 12.7. The molecular formula is C14H19ClN4O2S. The van der Waals surface area contributed by atoms with Crippen LogP contribution < -0.4 is 4.72 Å². The molecule has 0 fully saturated rings. The quantitative estimate of drug-likeness (QED) is 0.654. The van der Waals surface area contributed by atoms with Gasteiger partial charge in [-0.1, -0.05) is 25.4 Å². The van der Waals surface area contributed by atoms with Crippen LogP contribution in [0, 0.1) is 5.41 Å². The number of halogens is 1. The summed E-state index contributed by atoms with van der Waals surface area (Å²) in [6, 6.07) is 4.41. The van der Waals surface area contributed by atoms with Gasteiger partial charge in [-0.05, 0) is 25.1 Å². The first-order valence-electron chi connectivity index (χ1n) is 6.86. The van der Waals surface area contributed by atoms with E-state index in [1.54, 1.807) is 11.1 Å². The van der Waals surface area contributed by atoms with Crippen LogP contribution in [-0.4, -0.2) is 39.6 Å². The summed E-state index contributed by atoms with van der Waals surface area (Å²) in [4.78, 5) is 4.77. The zero-order valence-corrected chi connectivity index (χ0v) is 14.3. The first-order valence-corrected chi connectivity index (χ1v) is 8.39. The highest BCUT2D eigenvalue weighted by Gasteiger charge is 2.28. The lowest BCUT2D eigenvalue weighted by Gasteiger charge is -2.21. The Morgan fingerprint density at radius 1 is 1.59 bits per heavy atom. The largest absolute Gasteiger partial charge is 0.506 e. The third kappa shape index (κ3) is 3.98. The number of nitrogens with one attached hydrogen (secondary N) is 1. The van der Waals surface area contributed by atoms with E-state index in [0.717, 1.165) is 0 Å². The number of guanidine groups is 1. The molecule has 0 saturated heterocycles. The molecule has 1 atom stereocenters. The van der Waals surface area contributed by atoms with Crippen LogP contribution in [0.25, 0.3) is 0 Å². The van der Waals surface area contributed by atoms with Crippen molar-refractivity contribution in [3.63, 3.8) is 0 Å². The Bertz CT molecular complexity index is 646. The second kappa shape index (κ2) is 6.66. The van der Waals surface area contributed by atoms with Gasteiger partial charge >= 0.3 is 0 Å². The number of phenols is 1. The number of hydrogen-bond acceptors (Lipinski definition) is 4. The second-order valence-corrected chi connectivity index (χ2v) is 7.19. The van der Waals surface area contributed by atoms with E-state index in [9.17, 15) is 9.32 Å². The van der Waals surface area contributed by atoms with Crippen LogP contribution in [-0.2, 0) is 11.0 Å². The van der Waals surface area contributed by atoms with Gasteiger partial charge < -0.3 is 5.11 Å². The number of rotatable bonds is 3. The van der Waals surface area contributed by atoms with Gasteiger partial charge in [0.05, 0.1) is 16.5 Å². The van der Waals surface area contributed by atoms with Crippen LogP contribution in [0.4, 0.5) is 0 Å². The normalized spacial score (nSPS) is 18.5. The molecule has 0 saturated carbocycles. The Morgan fingerprint density at radius 3 is 2.86 bits per heavy atom. The minimum atomic E-state index is -1.55. The topological polar surface area (TPSA) is 77.3 Å². The van der Waals surface area contributed by atoms with Gasteiger partial charge in [-0.3, -0.25) is 9.71 Å². The maximum absolute atomic E-state index is 12.4. The first-order chi connectivity index (χ1) is 10.3. The van der Waals surface area contributed by atoms with Crippen LogP contribution in [0.1, 0.15) is 20.8 Å². The summed E-state index contributed by atoms with van der Waals surface area (Å²) in [5.74, 6) is 0.405. The third-order valence-electron chi connectivity index (χ3n) is 2.97. The number of phenolic OH excluding ortho intramolecular Hbond substituents is 1. The Kier molecular flexibility index (Phi) is 5.08. The van der Waals surface area contributed by atoms with Crippen LogP contribution in [0.3, 0.4) is 0 Å². The summed E-state index contributed by atoms with van der Waals surface area (Å²) in [5, 5.41) is 15.6. The van der Waals surface area contributed by atoms with Gasteiger partial charge in [-0.15, -0.1) is 0 Å².